The standard InChI is InChI=1S/C22H23NO3/c23-22(21(25)13-16-7-3-1-4-8-16)19-12-11-18(14-20(19)24)26-15-17-9-5-2-6-10-17/h1-12,14,21-22,24-25H,13,15,23H2/t21-,22+/m0/s1. The Hall–Kier alpha value is -2.82. The molecule has 4 heteroatoms. The highest BCUT2D eigenvalue weighted by Crippen LogP contribution is 2.30. The van der Waals surface area contributed by atoms with Gasteiger partial charge in [-0.1, -0.05) is 60.7 Å². The van der Waals surface area contributed by atoms with Gasteiger partial charge in [-0.05, 0) is 23.3 Å². The predicted molar refractivity (Wildman–Crippen MR) is 102 cm³/mol. The molecule has 0 aliphatic rings. The lowest BCUT2D eigenvalue weighted by Crippen LogP contribution is -2.28. The molecular weight excluding hydrogens is 326 g/mol. The average molecular weight is 349 g/mol. The molecule has 0 aromatic heterocycles. The molecule has 4 N–H and O–H groups in total. The van der Waals surface area contributed by atoms with Gasteiger partial charge in [0.15, 0.2) is 0 Å². The first-order chi connectivity index (χ1) is 12.6. The van der Waals surface area contributed by atoms with Gasteiger partial charge in [0.1, 0.15) is 18.1 Å². The predicted octanol–water partition coefficient (Wildman–Crippen LogP) is 3.57. The van der Waals surface area contributed by atoms with E-state index in [0.29, 0.717) is 24.3 Å². The molecule has 134 valence electrons. The zero-order chi connectivity index (χ0) is 18.4. The van der Waals surface area contributed by atoms with Crippen LogP contribution in [0.1, 0.15) is 22.7 Å². The van der Waals surface area contributed by atoms with E-state index in [-0.39, 0.29) is 5.75 Å². The summed E-state index contributed by atoms with van der Waals surface area (Å²) in [6.45, 7) is 0.419. The quantitative estimate of drug-likeness (QED) is 0.609. The fourth-order valence-electron chi connectivity index (χ4n) is 2.83. The minimum atomic E-state index is -0.792. The Morgan fingerprint density at radius 2 is 1.46 bits per heavy atom. The van der Waals surface area contributed by atoms with Gasteiger partial charge in [-0.25, -0.2) is 0 Å². The number of aromatic hydroxyl groups is 1. The molecule has 3 aromatic carbocycles. The lowest BCUT2D eigenvalue weighted by atomic mass is 9.96. The van der Waals surface area contributed by atoms with Gasteiger partial charge in [0.2, 0.25) is 0 Å². The van der Waals surface area contributed by atoms with Crippen molar-refractivity contribution < 1.29 is 14.9 Å². The maximum atomic E-state index is 10.4. The van der Waals surface area contributed by atoms with E-state index in [0.717, 1.165) is 11.1 Å². The van der Waals surface area contributed by atoms with Gasteiger partial charge in [0.25, 0.3) is 0 Å². The van der Waals surface area contributed by atoms with Gasteiger partial charge in [-0.15, -0.1) is 0 Å². The molecule has 0 radical (unpaired) electrons. The van der Waals surface area contributed by atoms with Crippen molar-refractivity contribution >= 4 is 0 Å². The van der Waals surface area contributed by atoms with Crippen molar-refractivity contribution in [1.29, 1.82) is 0 Å². The summed E-state index contributed by atoms with van der Waals surface area (Å²) in [4.78, 5) is 0. The van der Waals surface area contributed by atoms with E-state index in [1.54, 1.807) is 12.1 Å². The molecule has 0 heterocycles. The lowest BCUT2D eigenvalue weighted by molar-refractivity contribution is 0.143. The second-order valence-corrected chi connectivity index (χ2v) is 6.28. The number of hydrogen-bond acceptors (Lipinski definition) is 4. The molecule has 2 atom stereocenters. The summed E-state index contributed by atoms with van der Waals surface area (Å²) in [7, 11) is 0. The second-order valence-electron chi connectivity index (χ2n) is 6.28. The molecule has 0 unspecified atom stereocenters. The molecule has 0 aliphatic carbocycles. The van der Waals surface area contributed by atoms with Crippen LogP contribution in [0.4, 0.5) is 0 Å². The van der Waals surface area contributed by atoms with Crippen LogP contribution in [0.15, 0.2) is 78.9 Å². The summed E-state index contributed by atoms with van der Waals surface area (Å²) in [6, 6.07) is 23.8. The van der Waals surface area contributed by atoms with Crippen LogP contribution in [-0.2, 0) is 13.0 Å². The Labute approximate surface area is 153 Å². The first kappa shape index (κ1) is 18.0. The van der Waals surface area contributed by atoms with E-state index in [2.05, 4.69) is 0 Å². The Morgan fingerprint density at radius 3 is 2.08 bits per heavy atom. The van der Waals surface area contributed by atoms with Gasteiger partial charge in [0.05, 0.1) is 12.1 Å². The third-order valence-corrected chi connectivity index (χ3v) is 4.31. The zero-order valence-corrected chi connectivity index (χ0v) is 14.5. The third kappa shape index (κ3) is 4.63. The Bertz CT molecular complexity index is 821. The van der Waals surface area contributed by atoms with Crippen LogP contribution in [0.2, 0.25) is 0 Å². The highest BCUT2D eigenvalue weighted by Gasteiger charge is 2.20. The Balaban J connectivity index is 1.64. The average Bonchev–Trinajstić information content (AvgIpc) is 2.67. The summed E-state index contributed by atoms with van der Waals surface area (Å²) in [6.07, 6.45) is -0.368. The number of hydrogen-bond donors (Lipinski definition) is 3. The molecule has 0 fully saturated rings. The lowest BCUT2D eigenvalue weighted by Gasteiger charge is -2.20. The molecule has 0 amide bonds. The van der Waals surface area contributed by atoms with Crippen molar-refractivity contribution in [2.75, 3.05) is 0 Å². The SMILES string of the molecule is N[C@H](c1ccc(OCc2ccccc2)cc1O)[C@@H](O)Cc1ccccc1. The van der Waals surface area contributed by atoms with Crippen LogP contribution in [0, 0.1) is 0 Å². The van der Waals surface area contributed by atoms with Crippen molar-refractivity contribution in [3.63, 3.8) is 0 Å². The topological polar surface area (TPSA) is 75.7 Å². The number of aliphatic hydroxyl groups excluding tert-OH is 1. The van der Waals surface area contributed by atoms with Gasteiger partial charge < -0.3 is 20.7 Å². The van der Waals surface area contributed by atoms with Gasteiger partial charge in [-0.2, -0.15) is 0 Å². The summed E-state index contributed by atoms with van der Waals surface area (Å²) in [5.74, 6) is 0.579. The first-order valence-corrected chi connectivity index (χ1v) is 8.60. The molecule has 0 aliphatic heterocycles. The largest absolute Gasteiger partial charge is 0.507 e. The number of rotatable bonds is 7. The monoisotopic (exact) mass is 349 g/mol. The van der Waals surface area contributed by atoms with E-state index in [9.17, 15) is 10.2 Å². The van der Waals surface area contributed by atoms with Crippen LogP contribution >= 0.6 is 0 Å². The molecule has 0 saturated heterocycles. The first-order valence-electron chi connectivity index (χ1n) is 8.60. The van der Waals surface area contributed by atoms with Crippen molar-refractivity contribution in [2.24, 2.45) is 5.73 Å². The van der Waals surface area contributed by atoms with E-state index < -0.39 is 12.1 Å². The summed E-state index contributed by atoms with van der Waals surface area (Å²) < 4.78 is 5.70. The van der Waals surface area contributed by atoms with Crippen LogP contribution in [0.5, 0.6) is 11.5 Å². The number of nitrogens with two attached hydrogens (primary N) is 1. The highest BCUT2D eigenvalue weighted by atomic mass is 16.5. The maximum Gasteiger partial charge on any atom is 0.124 e. The fourth-order valence-corrected chi connectivity index (χ4v) is 2.83. The molecular formula is C22H23NO3. The zero-order valence-electron chi connectivity index (χ0n) is 14.5. The highest BCUT2D eigenvalue weighted by molar-refractivity contribution is 5.42. The van der Waals surface area contributed by atoms with Crippen LogP contribution in [0.3, 0.4) is 0 Å². The Morgan fingerprint density at radius 1 is 0.846 bits per heavy atom. The molecule has 0 saturated carbocycles. The van der Waals surface area contributed by atoms with Crippen molar-refractivity contribution in [3.05, 3.63) is 95.6 Å². The van der Waals surface area contributed by atoms with Crippen molar-refractivity contribution in [1.82, 2.24) is 0 Å². The van der Waals surface area contributed by atoms with Gasteiger partial charge in [-0.3, -0.25) is 0 Å². The summed E-state index contributed by atoms with van der Waals surface area (Å²) in [5, 5.41) is 20.7. The van der Waals surface area contributed by atoms with Gasteiger partial charge in [0, 0.05) is 18.1 Å². The summed E-state index contributed by atoms with van der Waals surface area (Å²) in [5.41, 5.74) is 8.70. The smallest absolute Gasteiger partial charge is 0.124 e. The van der Waals surface area contributed by atoms with E-state index in [1.165, 1.54) is 6.07 Å². The van der Waals surface area contributed by atoms with Crippen LogP contribution in [-0.4, -0.2) is 16.3 Å². The summed E-state index contributed by atoms with van der Waals surface area (Å²) >= 11 is 0. The van der Waals surface area contributed by atoms with Gasteiger partial charge >= 0.3 is 0 Å². The number of benzene rings is 3. The molecule has 26 heavy (non-hydrogen) atoms. The minimum absolute atomic E-state index is 0.0233. The molecule has 0 bridgehead atoms. The Kier molecular flexibility index (Phi) is 5.89. The number of ether oxygens (including phenoxy) is 1. The van der Waals surface area contributed by atoms with E-state index in [1.807, 2.05) is 60.7 Å². The van der Waals surface area contributed by atoms with E-state index >= 15 is 0 Å². The molecule has 4 nitrogen and oxygen atoms in total. The van der Waals surface area contributed by atoms with Crippen LogP contribution < -0.4 is 10.5 Å². The minimum Gasteiger partial charge on any atom is -0.507 e. The van der Waals surface area contributed by atoms with E-state index in [4.69, 9.17) is 10.5 Å². The number of aliphatic hydroxyl groups is 1. The maximum absolute atomic E-state index is 10.4. The fraction of sp³-hybridized carbons (Fsp3) is 0.182. The van der Waals surface area contributed by atoms with Crippen LogP contribution in [0.25, 0.3) is 0 Å². The number of phenols is 1. The molecule has 3 aromatic rings. The molecule has 3 rings (SSSR count). The third-order valence-electron chi connectivity index (χ3n) is 4.31. The van der Waals surface area contributed by atoms with Crippen molar-refractivity contribution in [2.45, 2.75) is 25.2 Å². The molecule has 0 spiro atoms. The second kappa shape index (κ2) is 8.52. The number of phenolic OH excluding ortho intramolecular Hbond substituents is 1. The normalized spacial score (nSPS) is 13.2. The van der Waals surface area contributed by atoms with Crippen molar-refractivity contribution in [3.8, 4) is 11.5 Å².